The van der Waals surface area contributed by atoms with Crippen molar-refractivity contribution in [3.05, 3.63) is 16.1 Å². The summed E-state index contributed by atoms with van der Waals surface area (Å²) in [5, 5.41) is 1.05. The number of nitrogens with zero attached hydrogens (tertiary/aromatic N) is 1. The lowest BCUT2D eigenvalue weighted by molar-refractivity contribution is 0.0190. The molecule has 0 atom stereocenters. The monoisotopic (exact) mass is 199 g/mol. The van der Waals surface area contributed by atoms with E-state index in [0.717, 1.165) is 5.01 Å². The maximum absolute atomic E-state index is 5.36. The van der Waals surface area contributed by atoms with Crippen molar-refractivity contribution in [2.45, 2.75) is 39.2 Å². The Morgan fingerprint density at radius 3 is 2.46 bits per heavy atom. The summed E-state index contributed by atoms with van der Waals surface area (Å²) in [5.41, 5.74) is -0.252. The van der Waals surface area contributed by atoms with Crippen LogP contribution in [0.4, 0.5) is 0 Å². The minimum absolute atomic E-state index is 0.252. The number of thiazole rings is 1. The van der Waals surface area contributed by atoms with Gasteiger partial charge in [0.2, 0.25) is 0 Å². The Morgan fingerprint density at radius 1 is 1.46 bits per heavy atom. The van der Waals surface area contributed by atoms with E-state index in [-0.39, 0.29) is 5.60 Å². The second-order valence-electron chi connectivity index (χ2n) is 3.94. The smallest absolute Gasteiger partial charge is 0.124 e. The molecule has 0 aliphatic carbocycles. The second-order valence-corrected chi connectivity index (χ2v) is 5.00. The lowest BCUT2D eigenvalue weighted by Crippen LogP contribution is -2.18. The Kier molecular flexibility index (Phi) is 3.09. The van der Waals surface area contributed by atoms with E-state index in [4.69, 9.17) is 4.74 Å². The summed E-state index contributed by atoms with van der Waals surface area (Å²) in [7, 11) is 1.72. The predicted molar refractivity (Wildman–Crippen MR) is 56.2 cm³/mol. The Bertz CT molecular complexity index is 278. The zero-order valence-corrected chi connectivity index (χ0v) is 9.73. The third-order valence-corrected chi connectivity index (χ3v) is 3.72. The molecule has 0 N–H and O–H groups in total. The van der Waals surface area contributed by atoms with Gasteiger partial charge in [0.25, 0.3) is 0 Å². The molecular formula is C10H17NOS. The first-order valence-electron chi connectivity index (χ1n) is 4.48. The van der Waals surface area contributed by atoms with Crippen LogP contribution in [-0.2, 0) is 10.3 Å². The van der Waals surface area contributed by atoms with Crippen molar-refractivity contribution in [3.63, 3.8) is 0 Å². The first kappa shape index (κ1) is 10.7. The fraction of sp³-hybridized carbons (Fsp3) is 0.700. The molecule has 0 aromatic carbocycles. The van der Waals surface area contributed by atoms with Gasteiger partial charge < -0.3 is 4.74 Å². The Morgan fingerprint density at radius 2 is 2.08 bits per heavy atom. The number of rotatable bonds is 3. The number of aromatic nitrogens is 1. The Hall–Kier alpha value is -0.410. The van der Waals surface area contributed by atoms with Crippen LogP contribution in [0.25, 0.3) is 0 Å². The van der Waals surface area contributed by atoms with Crippen molar-refractivity contribution in [2.75, 3.05) is 7.11 Å². The van der Waals surface area contributed by atoms with Gasteiger partial charge in [-0.1, -0.05) is 13.8 Å². The van der Waals surface area contributed by atoms with Gasteiger partial charge in [-0.05, 0) is 19.8 Å². The quantitative estimate of drug-likeness (QED) is 0.746. The summed E-state index contributed by atoms with van der Waals surface area (Å²) in [4.78, 5) is 5.69. The van der Waals surface area contributed by atoms with Crippen LogP contribution in [0.15, 0.2) is 6.20 Å². The van der Waals surface area contributed by atoms with E-state index in [9.17, 15) is 0 Å². The van der Waals surface area contributed by atoms with Gasteiger partial charge in [0.15, 0.2) is 0 Å². The van der Waals surface area contributed by atoms with Crippen LogP contribution in [0.5, 0.6) is 0 Å². The summed E-state index contributed by atoms with van der Waals surface area (Å²) >= 11 is 1.74. The average molecular weight is 199 g/mol. The van der Waals surface area contributed by atoms with E-state index in [1.54, 1.807) is 18.4 Å². The number of methoxy groups -OCH3 is 1. The highest BCUT2D eigenvalue weighted by molar-refractivity contribution is 7.11. The summed E-state index contributed by atoms with van der Waals surface area (Å²) in [6, 6.07) is 0. The average Bonchev–Trinajstić information content (AvgIpc) is 2.52. The SMILES string of the molecule is COC(C)(C)c1ncc(C(C)C)s1. The summed E-state index contributed by atoms with van der Waals surface area (Å²) < 4.78 is 5.36. The molecule has 13 heavy (non-hydrogen) atoms. The van der Waals surface area contributed by atoms with Crippen LogP contribution in [0.1, 0.15) is 43.5 Å². The minimum Gasteiger partial charge on any atom is -0.372 e. The van der Waals surface area contributed by atoms with Crippen molar-refractivity contribution in [3.8, 4) is 0 Å². The van der Waals surface area contributed by atoms with Gasteiger partial charge in [-0.3, -0.25) is 0 Å². The molecule has 0 bridgehead atoms. The molecule has 0 saturated carbocycles. The molecule has 0 amide bonds. The van der Waals surface area contributed by atoms with Crippen molar-refractivity contribution in [1.29, 1.82) is 0 Å². The van der Waals surface area contributed by atoms with Crippen LogP contribution >= 0.6 is 11.3 Å². The van der Waals surface area contributed by atoms with E-state index in [2.05, 4.69) is 18.8 Å². The highest BCUT2D eigenvalue weighted by Gasteiger charge is 2.23. The minimum atomic E-state index is -0.252. The number of ether oxygens (including phenoxy) is 1. The van der Waals surface area contributed by atoms with Gasteiger partial charge in [-0.25, -0.2) is 4.98 Å². The highest BCUT2D eigenvalue weighted by atomic mass is 32.1. The van der Waals surface area contributed by atoms with Gasteiger partial charge in [0, 0.05) is 18.2 Å². The third-order valence-electron chi connectivity index (χ3n) is 2.12. The van der Waals surface area contributed by atoms with Gasteiger partial charge >= 0.3 is 0 Å². The van der Waals surface area contributed by atoms with Crippen LogP contribution in [-0.4, -0.2) is 12.1 Å². The molecule has 1 heterocycles. The summed E-state index contributed by atoms with van der Waals surface area (Å²) in [5.74, 6) is 0.555. The zero-order valence-electron chi connectivity index (χ0n) is 8.92. The van der Waals surface area contributed by atoms with Crippen molar-refractivity contribution < 1.29 is 4.74 Å². The maximum atomic E-state index is 5.36. The standard InChI is InChI=1S/C10H17NOS/c1-7(2)8-6-11-9(13-8)10(3,4)12-5/h6-7H,1-5H3. The van der Waals surface area contributed by atoms with Crippen LogP contribution < -0.4 is 0 Å². The van der Waals surface area contributed by atoms with Crippen molar-refractivity contribution in [2.24, 2.45) is 0 Å². The second kappa shape index (κ2) is 3.76. The van der Waals surface area contributed by atoms with Crippen molar-refractivity contribution in [1.82, 2.24) is 4.98 Å². The molecule has 0 saturated heterocycles. The van der Waals surface area contributed by atoms with Gasteiger partial charge in [0.05, 0.1) is 0 Å². The molecule has 0 spiro atoms. The van der Waals surface area contributed by atoms with E-state index in [0.29, 0.717) is 5.92 Å². The third kappa shape index (κ3) is 2.29. The molecule has 1 aromatic rings. The lowest BCUT2D eigenvalue weighted by atomic mass is 10.1. The molecular weight excluding hydrogens is 182 g/mol. The molecule has 0 fully saturated rings. The highest BCUT2D eigenvalue weighted by Crippen LogP contribution is 2.30. The fourth-order valence-electron chi connectivity index (χ4n) is 0.919. The number of hydrogen-bond acceptors (Lipinski definition) is 3. The molecule has 1 aromatic heterocycles. The van der Waals surface area contributed by atoms with E-state index in [1.807, 2.05) is 20.0 Å². The molecule has 1 rings (SSSR count). The van der Waals surface area contributed by atoms with E-state index < -0.39 is 0 Å². The van der Waals surface area contributed by atoms with Crippen LogP contribution in [0, 0.1) is 0 Å². The fourth-order valence-corrected chi connectivity index (χ4v) is 1.92. The molecule has 0 unspecified atom stereocenters. The van der Waals surface area contributed by atoms with E-state index in [1.165, 1.54) is 4.88 Å². The van der Waals surface area contributed by atoms with Crippen LogP contribution in [0.2, 0.25) is 0 Å². The van der Waals surface area contributed by atoms with Crippen molar-refractivity contribution >= 4 is 11.3 Å². The molecule has 0 aliphatic rings. The Labute approximate surface area is 84.0 Å². The molecule has 0 aliphatic heterocycles. The normalized spacial score (nSPS) is 12.5. The molecule has 74 valence electrons. The molecule has 2 nitrogen and oxygen atoms in total. The van der Waals surface area contributed by atoms with Gasteiger partial charge in [-0.15, -0.1) is 11.3 Å². The van der Waals surface area contributed by atoms with Crippen LogP contribution in [0.3, 0.4) is 0 Å². The van der Waals surface area contributed by atoms with E-state index >= 15 is 0 Å². The maximum Gasteiger partial charge on any atom is 0.124 e. The lowest BCUT2D eigenvalue weighted by Gasteiger charge is -2.19. The van der Waals surface area contributed by atoms with Gasteiger partial charge in [-0.2, -0.15) is 0 Å². The first-order valence-corrected chi connectivity index (χ1v) is 5.30. The largest absolute Gasteiger partial charge is 0.372 e. The predicted octanol–water partition coefficient (Wildman–Crippen LogP) is 3.15. The van der Waals surface area contributed by atoms with Gasteiger partial charge in [0.1, 0.15) is 10.6 Å². The Balaban J connectivity index is 2.91. The summed E-state index contributed by atoms with van der Waals surface area (Å²) in [6.07, 6.45) is 1.95. The summed E-state index contributed by atoms with van der Waals surface area (Å²) in [6.45, 7) is 8.43. The topological polar surface area (TPSA) is 22.1 Å². The first-order chi connectivity index (χ1) is 5.97. The number of hydrogen-bond donors (Lipinski definition) is 0. The zero-order chi connectivity index (χ0) is 10.1. The molecule has 3 heteroatoms. The molecule has 0 radical (unpaired) electrons.